The summed E-state index contributed by atoms with van der Waals surface area (Å²) in [6, 6.07) is 5.19. The van der Waals surface area contributed by atoms with Crippen LogP contribution >= 0.6 is 0 Å². The summed E-state index contributed by atoms with van der Waals surface area (Å²) in [5.41, 5.74) is 7.06. The maximum Gasteiger partial charge on any atom is 0.191 e. The Morgan fingerprint density at radius 3 is 2.20 bits per heavy atom. The third-order valence-electron chi connectivity index (χ3n) is 8.02. The number of halogens is 1. The standard InChI is InChI=1S/C25H43FN2OSi/c1-25(2,3)30(4,5)29-18-20-8-6-19(7-9-20)17-28-14-12-21(13-15-28)23-11-10-22(27)16-24(23)26/h10-11,16,19-21H,6-9,12-15,17-18,27H2,1-5H3. The number of anilines is 1. The van der Waals surface area contributed by atoms with E-state index in [1.807, 2.05) is 12.1 Å². The van der Waals surface area contributed by atoms with E-state index in [0.717, 1.165) is 49.9 Å². The van der Waals surface area contributed by atoms with Crippen molar-refractivity contribution in [1.29, 1.82) is 0 Å². The molecule has 1 heterocycles. The second-order valence-electron chi connectivity index (χ2n) is 11.3. The predicted octanol–water partition coefficient (Wildman–Crippen LogP) is 6.42. The van der Waals surface area contributed by atoms with Gasteiger partial charge in [-0.1, -0.05) is 26.8 Å². The number of nitrogens with two attached hydrogens (primary N) is 1. The summed E-state index contributed by atoms with van der Waals surface area (Å²) in [7, 11) is -1.62. The van der Waals surface area contributed by atoms with Gasteiger partial charge in [-0.15, -0.1) is 0 Å². The monoisotopic (exact) mass is 434 g/mol. The van der Waals surface area contributed by atoms with Crippen LogP contribution in [0.25, 0.3) is 0 Å². The van der Waals surface area contributed by atoms with Crippen LogP contribution in [0.2, 0.25) is 18.1 Å². The van der Waals surface area contributed by atoms with Crippen molar-refractivity contribution in [2.45, 2.75) is 83.3 Å². The summed E-state index contributed by atoms with van der Waals surface area (Å²) in [6.45, 7) is 16.0. The summed E-state index contributed by atoms with van der Waals surface area (Å²) in [5.74, 6) is 1.77. The summed E-state index contributed by atoms with van der Waals surface area (Å²) in [6.07, 6.45) is 7.39. The Morgan fingerprint density at radius 2 is 1.63 bits per heavy atom. The van der Waals surface area contributed by atoms with Crippen molar-refractivity contribution in [3.8, 4) is 0 Å². The Kier molecular flexibility index (Phi) is 7.68. The van der Waals surface area contributed by atoms with Gasteiger partial charge in [-0.25, -0.2) is 4.39 Å². The Bertz CT molecular complexity index is 687. The molecule has 1 aromatic rings. The molecule has 0 unspecified atom stereocenters. The van der Waals surface area contributed by atoms with Crippen molar-refractivity contribution in [1.82, 2.24) is 4.90 Å². The molecule has 170 valence electrons. The lowest BCUT2D eigenvalue weighted by Crippen LogP contribution is -2.42. The van der Waals surface area contributed by atoms with Crippen molar-refractivity contribution in [3.05, 3.63) is 29.6 Å². The van der Waals surface area contributed by atoms with E-state index >= 15 is 0 Å². The smallest absolute Gasteiger partial charge is 0.191 e. The fourth-order valence-corrected chi connectivity index (χ4v) is 5.87. The van der Waals surface area contributed by atoms with Crippen LogP contribution in [0.1, 0.15) is 70.8 Å². The number of hydrogen-bond acceptors (Lipinski definition) is 3. The molecular weight excluding hydrogens is 391 g/mol. The van der Waals surface area contributed by atoms with Gasteiger partial charge < -0.3 is 15.1 Å². The van der Waals surface area contributed by atoms with E-state index in [1.54, 1.807) is 0 Å². The Hall–Kier alpha value is -0.913. The molecule has 0 bridgehead atoms. The maximum atomic E-state index is 14.2. The van der Waals surface area contributed by atoms with Gasteiger partial charge in [0.1, 0.15) is 5.82 Å². The molecule has 1 aliphatic carbocycles. The first-order valence-electron chi connectivity index (χ1n) is 12.0. The van der Waals surface area contributed by atoms with Crippen LogP contribution in [0.15, 0.2) is 18.2 Å². The first kappa shape index (κ1) is 23.7. The van der Waals surface area contributed by atoms with Gasteiger partial charge in [-0.05, 0) is 105 Å². The van der Waals surface area contributed by atoms with Gasteiger partial charge >= 0.3 is 0 Å². The number of likely N-dealkylation sites (tertiary alicyclic amines) is 1. The van der Waals surface area contributed by atoms with Crippen molar-refractivity contribution in [2.24, 2.45) is 11.8 Å². The number of hydrogen-bond donors (Lipinski definition) is 1. The van der Waals surface area contributed by atoms with Crippen molar-refractivity contribution in [3.63, 3.8) is 0 Å². The average molecular weight is 435 g/mol. The van der Waals surface area contributed by atoms with Crippen LogP contribution in [0, 0.1) is 17.7 Å². The van der Waals surface area contributed by atoms with Crippen LogP contribution in [0.3, 0.4) is 0 Å². The number of benzene rings is 1. The second kappa shape index (κ2) is 9.70. The molecule has 0 spiro atoms. The van der Waals surface area contributed by atoms with Crippen molar-refractivity contribution >= 4 is 14.0 Å². The number of rotatable bonds is 6. The highest BCUT2D eigenvalue weighted by Gasteiger charge is 2.38. The zero-order chi connectivity index (χ0) is 21.9. The van der Waals surface area contributed by atoms with E-state index in [-0.39, 0.29) is 5.82 Å². The quantitative estimate of drug-likeness (QED) is 0.415. The minimum Gasteiger partial charge on any atom is -0.417 e. The summed E-state index contributed by atoms with van der Waals surface area (Å²) in [5, 5.41) is 0.297. The van der Waals surface area contributed by atoms with Crippen LogP contribution in [-0.2, 0) is 4.43 Å². The number of piperidine rings is 1. The third-order valence-corrected chi connectivity index (χ3v) is 12.5. The number of nitrogens with zero attached hydrogens (tertiary/aromatic N) is 1. The predicted molar refractivity (Wildman–Crippen MR) is 128 cm³/mol. The van der Waals surface area contributed by atoms with Gasteiger partial charge in [0.15, 0.2) is 8.32 Å². The Labute approximate surface area is 184 Å². The van der Waals surface area contributed by atoms with Gasteiger partial charge in [0.25, 0.3) is 0 Å². The lowest BCUT2D eigenvalue weighted by atomic mass is 9.81. The van der Waals surface area contributed by atoms with Crippen molar-refractivity contribution < 1.29 is 8.82 Å². The molecule has 3 nitrogen and oxygen atoms in total. The zero-order valence-corrected chi connectivity index (χ0v) is 20.8. The normalized spacial score (nSPS) is 24.9. The molecule has 1 saturated carbocycles. The highest BCUT2D eigenvalue weighted by atomic mass is 28.4. The molecule has 3 rings (SSSR count). The van der Waals surface area contributed by atoms with E-state index in [0.29, 0.717) is 16.6 Å². The first-order valence-corrected chi connectivity index (χ1v) is 14.9. The van der Waals surface area contributed by atoms with Crippen LogP contribution < -0.4 is 5.73 Å². The molecule has 0 amide bonds. The average Bonchev–Trinajstić information content (AvgIpc) is 2.67. The molecule has 0 aromatic heterocycles. The summed E-state index contributed by atoms with van der Waals surface area (Å²) in [4.78, 5) is 2.61. The van der Waals surface area contributed by atoms with Crippen LogP contribution in [-0.4, -0.2) is 39.5 Å². The van der Waals surface area contributed by atoms with Gasteiger partial charge in [0, 0.05) is 18.8 Å². The van der Waals surface area contributed by atoms with Gasteiger partial charge in [-0.2, -0.15) is 0 Å². The molecule has 1 aromatic carbocycles. The van der Waals surface area contributed by atoms with Crippen LogP contribution in [0.4, 0.5) is 10.1 Å². The van der Waals surface area contributed by atoms with Gasteiger partial charge in [0.2, 0.25) is 0 Å². The maximum absolute atomic E-state index is 14.2. The molecule has 0 atom stereocenters. The van der Waals surface area contributed by atoms with E-state index in [1.165, 1.54) is 38.3 Å². The highest BCUT2D eigenvalue weighted by molar-refractivity contribution is 6.74. The molecule has 30 heavy (non-hydrogen) atoms. The topological polar surface area (TPSA) is 38.5 Å². The van der Waals surface area contributed by atoms with E-state index in [2.05, 4.69) is 38.8 Å². The van der Waals surface area contributed by atoms with E-state index < -0.39 is 8.32 Å². The van der Waals surface area contributed by atoms with Crippen LogP contribution in [0.5, 0.6) is 0 Å². The molecular formula is C25H43FN2OSi. The largest absolute Gasteiger partial charge is 0.417 e. The zero-order valence-electron chi connectivity index (χ0n) is 19.8. The number of nitrogen functional groups attached to an aromatic ring is 1. The third kappa shape index (κ3) is 6.07. The highest BCUT2D eigenvalue weighted by Crippen LogP contribution is 2.38. The fourth-order valence-electron chi connectivity index (χ4n) is 4.79. The minimum atomic E-state index is -1.62. The van der Waals surface area contributed by atoms with Gasteiger partial charge in [-0.3, -0.25) is 0 Å². The molecule has 0 radical (unpaired) electrons. The first-order chi connectivity index (χ1) is 14.0. The molecule has 2 fully saturated rings. The second-order valence-corrected chi connectivity index (χ2v) is 16.1. The molecule has 1 saturated heterocycles. The SMILES string of the molecule is CC(C)(C)[Si](C)(C)OCC1CCC(CN2CCC(c3ccc(N)cc3F)CC2)CC1. The van der Waals surface area contributed by atoms with Gasteiger partial charge in [0.05, 0.1) is 0 Å². The van der Waals surface area contributed by atoms with Crippen molar-refractivity contribution in [2.75, 3.05) is 32.0 Å². The summed E-state index contributed by atoms with van der Waals surface area (Å²) >= 11 is 0. The minimum absolute atomic E-state index is 0.133. The lowest BCUT2D eigenvalue weighted by molar-refractivity contribution is 0.129. The van der Waals surface area contributed by atoms with E-state index in [4.69, 9.17) is 10.2 Å². The molecule has 2 aliphatic rings. The fraction of sp³-hybridized carbons (Fsp3) is 0.760. The summed E-state index contributed by atoms with van der Waals surface area (Å²) < 4.78 is 20.7. The molecule has 5 heteroatoms. The lowest BCUT2D eigenvalue weighted by Gasteiger charge is -2.39. The molecule has 2 N–H and O–H groups in total. The molecule has 1 aliphatic heterocycles. The van der Waals surface area contributed by atoms with E-state index in [9.17, 15) is 4.39 Å². The Balaban J connectivity index is 1.38. The Morgan fingerprint density at radius 1 is 1.03 bits per heavy atom.